The van der Waals surface area contributed by atoms with Gasteiger partial charge in [-0.05, 0) is 37.8 Å². The highest BCUT2D eigenvalue weighted by molar-refractivity contribution is 6.39. The molecule has 0 unspecified atom stereocenters. The number of hydrogen-bond acceptors (Lipinski definition) is 4. The van der Waals surface area contributed by atoms with Crippen molar-refractivity contribution in [3.8, 4) is 0 Å². The van der Waals surface area contributed by atoms with Crippen LogP contribution in [-0.4, -0.2) is 16.0 Å². The van der Waals surface area contributed by atoms with E-state index in [0.717, 1.165) is 11.5 Å². The zero-order valence-electron chi connectivity index (χ0n) is 14.1. The van der Waals surface area contributed by atoms with E-state index in [-0.39, 0.29) is 0 Å². The highest BCUT2D eigenvalue weighted by Crippen LogP contribution is 2.41. The van der Waals surface area contributed by atoms with Gasteiger partial charge in [0, 0.05) is 18.0 Å². The Bertz CT molecular complexity index is 735. The summed E-state index contributed by atoms with van der Waals surface area (Å²) in [5.74, 6) is 2.00. The molecule has 0 saturated heterocycles. The summed E-state index contributed by atoms with van der Waals surface area (Å²) in [6.45, 7) is 0. The predicted octanol–water partition coefficient (Wildman–Crippen LogP) is 6.15. The van der Waals surface area contributed by atoms with Crippen molar-refractivity contribution in [2.45, 2.75) is 56.9 Å². The molecule has 2 aliphatic rings. The molecule has 4 rings (SSSR count). The van der Waals surface area contributed by atoms with Gasteiger partial charge in [-0.15, -0.1) is 0 Å². The molecule has 0 bridgehead atoms. The number of para-hydroxylation sites is 1. The van der Waals surface area contributed by atoms with Gasteiger partial charge in [0.2, 0.25) is 5.95 Å². The molecule has 6 heteroatoms. The lowest BCUT2D eigenvalue weighted by Gasteiger charge is -2.23. The summed E-state index contributed by atoms with van der Waals surface area (Å²) in [7, 11) is 0. The van der Waals surface area contributed by atoms with E-state index in [9.17, 15) is 0 Å². The summed E-state index contributed by atoms with van der Waals surface area (Å²) in [4.78, 5) is 9.41. The van der Waals surface area contributed by atoms with Gasteiger partial charge in [0.05, 0.1) is 21.4 Å². The largest absolute Gasteiger partial charge is 0.351 e. The molecular weight excluding hydrogens is 355 g/mol. The molecular formula is C19H22Cl2N4. The molecule has 0 atom stereocenters. The van der Waals surface area contributed by atoms with Crippen LogP contribution in [0.1, 0.15) is 56.6 Å². The normalized spacial score (nSPS) is 18.2. The van der Waals surface area contributed by atoms with Crippen molar-refractivity contribution in [1.82, 2.24) is 9.97 Å². The average molecular weight is 377 g/mol. The van der Waals surface area contributed by atoms with Crippen molar-refractivity contribution in [3.05, 3.63) is 40.0 Å². The van der Waals surface area contributed by atoms with Gasteiger partial charge in [-0.1, -0.05) is 48.5 Å². The number of halogens is 2. The first-order valence-electron chi connectivity index (χ1n) is 9.05. The molecule has 25 heavy (non-hydrogen) atoms. The maximum Gasteiger partial charge on any atom is 0.225 e. The van der Waals surface area contributed by atoms with Crippen molar-refractivity contribution in [1.29, 1.82) is 0 Å². The van der Waals surface area contributed by atoms with Crippen molar-refractivity contribution in [3.63, 3.8) is 0 Å². The first kappa shape index (κ1) is 16.9. The van der Waals surface area contributed by atoms with Crippen LogP contribution in [0.25, 0.3) is 0 Å². The Hall–Kier alpha value is -1.52. The number of benzene rings is 1. The van der Waals surface area contributed by atoms with Crippen LogP contribution in [0.3, 0.4) is 0 Å². The van der Waals surface area contributed by atoms with Crippen LogP contribution < -0.4 is 10.6 Å². The van der Waals surface area contributed by atoms with Crippen LogP contribution in [0.4, 0.5) is 17.5 Å². The number of nitrogens with zero attached hydrogens (tertiary/aromatic N) is 2. The van der Waals surface area contributed by atoms with Crippen LogP contribution in [0, 0.1) is 0 Å². The van der Waals surface area contributed by atoms with Gasteiger partial charge in [-0.3, -0.25) is 0 Å². The molecule has 2 fully saturated rings. The van der Waals surface area contributed by atoms with E-state index in [1.165, 1.54) is 44.9 Å². The topological polar surface area (TPSA) is 49.8 Å². The Morgan fingerprint density at radius 1 is 0.920 bits per heavy atom. The van der Waals surface area contributed by atoms with Crippen molar-refractivity contribution in [2.75, 3.05) is 10.6 Å². The average Bonchev–Trinajstić information content (AvgIpc) is 3.44. The standard InChI is InChI=1S/C19H22Cl2N4/c20-14-7-4-8-15(21)18(14)24-17-11-16(12-9-10-12)23-19(25-17)22-13-5-2-1-3-6-13/h4,7-8,11-13H,1-3,5-6,9-10H2,(H2,22,23,24,25). The minimum absolute atomic E-state index is 0.472. The second-order valence-electron chi connectivity index (χ2n) is 6.98. The summed E-state index contributed by atoms with van der Waals surface area (Å²) < 4.78 is 0. The number of nitrogens with one attached hydrogen (secondary N) is 2. The fourth-order valence-corrected chi connectivity index (χ4v) is 3.85. The molecule has 0 aliphatic heterocycles. The molecule has 2 N–H and O–H groups in total. The fourth-order valence-electron chi connectivity index (χ4n) is 3.36. The Balaban J connectivity index is 1.60. The molecule has 0 spiro atoms. The van der Waals surface area contributed by atoms with E-state index < -0.39 is 0 Å². The summed E-state index contributed by atoms with van der Waals surface area (Å²) in [6.07, 6.45) is 8.67. The zero-order chi connectivity index (χ0) is 17.2. The van der Waals surface area contributed by atoms with Crippen LogP contribution in [0.5, 0.6) is 0 Å². The van der Waals surface area contributed by atoms with E-state index in [1.54, 1.807) is 0 Å². The van der Waals surface area contributed by atoms with Crippen molar-refractivity contribution < 1.29 is 0 Å². The predicted molar refractivity (Wildman–Crippen MR) is 104 cm³/mol. The van der Waals surface area contributed by atoms with Gasteiger partial charge < -0.3 is 10.6 Å². The third kappa shape index (κ3) is 4.18. The van der Waals surface area contributed by atoms with Gasteiger partial charge in [-0.25, -0.2) is 4.98 Å². The minimum atomic E-state index is 0.472. The summed E-state index contributed by atoms with van der Waals surface area (Å²) >= 11 is 12.6. The third-order valence-electron chi connectivity index (χ3n) is 4.90. The SMILES string of the molecule is Clc1cccc(Cl)c1Nc1cc(C2CC2)nc(NC2CCCCC2)n1. The second kappa shape index (κ2) is 7.38. The van der Waals surface area contributed by atoms with Crippen molar-refractivity contribution in [2.24, 2.45) is 0 Å². The fraction of sp³-hybridized carbons (Fsp3) is 0.474. The Labute approximate surface area is 158 Å². The maximum absolute atomic E-state index is 6.28. The Kier molecular flexibility index (Phi) is 5.00. The lowest BCUT2D eigenvalue weighted by atomic mass is 9.96. The monoisotopic (exact) mass is 376 g/mol. The summed E-state index contributed by atoms with van der Waals surface area (Å²) in [6, 6.07) is 7.96. The van der Waals surface area contributed by atoms with Crippen molar-refractivity contribution >= 4 is 40.7 Å². The molecule has 1 aromatic heterocycles. The van der Waals surface area contributed by atoms with Gasteiger partial charge >= 0.3 is 0 Å². The maximum atomic E-state index is 6.28. The van der Waals surface area contributed by atoms with Crippen LogP contribution >= 0.6 is 23.2 Å². The van der Waals surface area contributed by atoms with E-state index in [0.29, 0.717) is 33.6 Å². The van der Waals surface area contributed by atoms with E-state index >= 15 is 0 Å². The van der Waals surface area contributed by atoms with E-state index in [1.807, 2.05) is 24.3 Å². The highest BCUT2D eigenvalue weighted by atomic mass is 35.5. The molecule has 2 aliphatic carbocycles. The second-order valence-corrected chi connectivity index (χ2v) is 7.79. The summed E-state index contributed by atoms with van der Waals surface area (Å²) in [5.41, 5.74) is 1.79. The first-order valence-corrected chi connectivity index (χ1v) is 9.81. The molecule has 2 saturated carbocycles. The van der Waals surface area contributed by atoms with Gasteiger partial charge in [0.25, 0.3) is 0 Å². The van der Waals surface area contributed by atoms with E-state index in [2.05, 4.69) is 15.6 Å². The Morgan fingerprint density at radius 3 is 2.32 bits per heavy atom. The molecule has 1 aromatic carbocycles. The number of anilines is 3. The third-order valence-corrected chi connectivity index (χ3v) is 5.53. The highest BCUT2D eigenvalue weighted by Gasteiger charge is 2.27. The first-order chi connectivity index (χ1) is 12.2. The molecule has 0 radical (unpaired) electrons. The lowest BCUT2D eigenvalue weighted by molar-refractivity contribution is 0.460. The summed E-state index contributed by atoms with van der Waals surface area (Å²) in [5, 5.41) is 7.99. The number of aromatic nitrogens is 2. The zero-order valence-corrected chi connectivity index (χ0v) is 15.6. The Morgan fingerprint density at radius 2 is 1.64 bits per heavy atom. The molecule has 1 heterocycles. The van der Waals surface area contributed by atoms with E-state index in [4.69, 9.17) is 28.2 Å². The quantitative estimate of drug-likeness (QED) is 0.656. The smallest absolute Gasteiger partial charge is 0.225 e. The molecule has 0 amide bonds. The van der Waals surface area contributed by atoms with Crippen LogP contribution in [0.2, 0.25) is 10.0 Å². The molecule has 2 aromatic rings. The van der Waals surface area contributed by atoms with Gasteiger partial charge in [-0.2, -0.15) is 4.98 Å². The molecule has 132 valence electrons. The minimum Gasteiger partial charge on any atom is -0.351 e. The van der Waals surface area contributed by atoms with Gasteiger partial charge in [0.15, 0.2) is 0 Å². The van der Waals surface area contributed by atoms with Crippen LogP contribution in [0.15, 0.2) is 24.3 Å². The molecule has 4 nitrogen and oxygen atoms in total. The number of rotatable bonds is 5. The number of hydrogen-bond donors (Lipinski definition) is 2. The lowest BCUT2D eigenvalue weighted by Crippen LogP contribution is -2.23. The van der Waals surface area contributed by atoms with Crippen LogP contribution in [-0.2, 0) is 0 Å². The van der Waals surface area contributed by atoms with Gasteiger partial charge in [0.1, 0.15) is 5.82 Å².